The normalized spacial score (nSPS) is 18.0. The van der Waals surface area contributed by atoms with Gasteiger partial charge in [0.25, 0.3) is 0 Å². The molecule has 0 saturated heterocycles. The fourth-order valence-electron chi connectivity index (χ4n) is 2.76. The van der Waals surface area contributed by atoms with Gasteiger partial charge in [-0.1, -0.05) is 0 Å². The summed E-state index contributed by atoms with van der Waals surface area (Å²) in [5.41, 5.74) is 2.38. The van der Waals surface area contributed by atoms with Crippen LogP contribution in [0.25, 0.3) is 5.65 Å². The Bertz CT molecular complexity index is 880. The number of nitrogens with zero attached hydrogens (tertiary/aromatic N) is 3. The van der Waals surface area contributed by atoms with Gasteiger partial charge in [0.15, 0.2) is 5.65 Å². The number of halogens is 1. The zero-order chi connectivity index (χ0) is 16.5. The van der Waals surface area contributed by atoms with E-state index in [1.54, 1.807) is 29.0 Å². The zero-order valence-electron chi connectivity index (χ0n) is 13.2. The maximum Gasteiger partial charge on any atom is 0.217 e. The Kier molecular flexibility index (Phi) is 3.78. The van der Waals surface area contributed by atoms with Crippen LogP contribution in [0.4, 0.5) is 4.39 Å². The predicted octanol–water partition coefficient (Wildman–Crippen LogP) is 2.49. The molecular weight excluding hydrogens is 311 g/mol. The van der Waals surface area contributed by atoms with Crippen LogP contribution in [-0.4, -0.2) is 27.7 Å². The van der Waals surface area contributed by atoms with E-state index in [4.69, 9.17) is 9.47 Å². The smallest absolute Gasteiger partial charge is 0.217 e. The molecule has 1 aliphatic rings. The van der Waals surface area contributed by atoms with E-state index in [-0.39, 0.29) is 5.82 Å². The van der Waals surface area contributed by atoms with Gasteiger partial charge in [0.2, 0.25) is 5.88 Å². The van der Waals surface area contributed by atoms with Gasteiger partial charge in [0, 0.05) is 36.5 Å². The summed E-state index contributed by atoms with van der Waals surface area (Å²) in [6.07, 6.45) is 3.19. The first-order valence-corrected chi connectivity index (χ1v) is 7.83. The van der Waals surface area contributed by atoms with Crippen molar-refractivity contribution < 1.29 is 13.9 Å². The average molecular weight is 328 g/mol. The number of rotatable bonds is 0. The highest BCUT2D eigenvalue weighted by molar-refractivity contribution is 5.47. The Balaban J connectivity index is 1.76. The van der Waals surface area contributed by atoms with Crippen molar-refractivity contribution in [3.8, 4) is 11.6 Å². The Hall–Kier alpha value is -2.67. The highest BCUT2D eigenvalue weighted by atomic mass is 19.1. The molecule has 2 bridgehead atoms. The summed E-state index contributed by atoms with van der Waals surface area (Å²) in [7, 11) is 0. The van der Waals surface area contributed by atoms with Gasteiger partial charge in [0.05, 0.1) is 6.20 Å². The molecule has 1 aromatic carbocycles. The van der Waals surface area contributed by atoms with Crippen molar-refractivity contribution in [2.24, 2.45) is 0 Å². The number of hydrogen-bond donors (Lipinski definition) is 1. The highest BCUT2D eigenvalue weighted by Crippen LogP contribution is 2.29. The van der Waals surface area contributed by atoms with Crippen LogP contribution in [0.5, 0.6) is 11.6 Å². The molecule has 3 aromatic rings. The number of benzene rings is 1. The zero-order valence-corrected chi connectivity index (χ0v) is 13.2. The van der Waals surface area contributed by atoms with Gasteiger partial charge in [-0.25, -0.2) is 8.91 Å². The standard InChI is InChI=1S/C17H17FN4O2/c1-11-14-8-13(18)2-3-15(14)23-7-5-19-9-12-10-20-22-6-4-16(24-11)21-17(12)22/h2-4,6,8,10-11,19H,5,7,9H2,1H3/t11-/m1/s1. The predicted molar refractivity (Wildman–Crippen MR) is 85.6 cm³/mol. The summed E-state index contributed by atoms with van der Waals surface area (Å²) in [6.45, 7) is 3.61. The van der Waals surface area contributed by atoms with Crippen molar-refractivity contribution >= 4 is 5.65 Å². The molecular formula is C17H17FN4O2. The largest absolute Gasteiger partial charge is 0.492 e. The second kappa shape index (κ2) is 6.09. The van der Waals surface area contributed by atoms with Crippen molar-refractivity contribution in [1.82, 2.24) is 19.9 Å². The van der Waals surface area contributed by atoms with Crippen molar-refractivity contribution in [3.05, 3.63) is 53.6 Å². The number of fused-ring (bicyclic) bond motifs is 2. The molecule has 7 heteroatoms. The fourth-order valence-corrected chi connectivity index (χ4v) is 2.76. The van der Waals surface area contributed by atoms with Crippen LogP contribution < -0.4 is 14.8 Å². The second-order valence-corrected chi connectivity index (χ2v) is 5.67. The molecule has 1 atom stereocenters. The third-order valence-electron chi connectivity index (χ3n) is 3.98. The number of aromatic nitrogens is 3. The minimum absolute atomic E-state index is 0.322. The molecule has 2 aromatic heterocycles. The van der Waals surface area contributed by atoms with Crippen LogP contribution in [-0.2, 0) is 6.54 Å². The summed E-state index contributed by atoms with van der Waals surface area (Å²) in [4.78, 5) is 4.53. The maximum absolute atomic E-state index is 13.7. The van der Waals surface area contributed by atoms with Crippen LogP contribution in [0, 0.1) is 5.82 Å². The van der Waals surface area contributed by atoms with E-state index in [0.717, 1.165) is 11.2 Å². The van der Waals surface area contributed by atoms with Crippen LogP contribution >= 0.6 is 0 Å². The third-order valence-corrected chi connectivity index (χ3v) is 3.98. The molecule has 0 fully saturated rings. The quantitative estimate of drug-likeness (QED) is 0.687. The maximum atomic E-state index is 13.7. The monoisotopic (exact) mass is 328 g/mol. The number of hydrogen-bond acceptors (Lipinski definition) is 5. The van der Waals surface area contributed by atoms with E-state index in [2.05, 4.69) is 15.4 Å². The van der Waals surface area contributed by atoms with Gasteiger partial charge in [-0.05, 0) is 25.1 Å². The van der Waals surface area contributed by atoms with Gasteiger partial charge < -0.3 is 14.8 Å². The summed E-state index contributed by atoms with van der Waals surface area (Å²) in [5, 5.41) is 7.58. The van der Waals surface area contributed by atoms with Gasteiger partial charge in [-0.3, -0.25) is 0 Å². The first kappa shape index (κ1) is 14.9. The van der Waals surface area contributed by atoms with E-state index in [0.29, 0.717) is 36.9 Å². The van der Waals surface area contributed by atoms with E-state index in [1.165, 1.54) is 12.1 Å². The molecule has 1 N–H and O–H groups in total. The Labute approximate surface area is 138 Å². The minimum atomic E-state index is -0.397. The molecule has 0 spiro atoms. The van der Waals surface area contributed by atoms with Crippen molar-refractivity contribution in [2.75, 3.05) is 13.2 Å². The molecule has 24 heavy (non-hydrogen) atoms. The third kappa shape index (κ3) is 2.78. The van der Waals surface area contributed by atoms with Gasteiger partial charge in [0.1, 0.15) is 24.3 Å². The van der Waals surface area contributed by atoms with E-state index in [9.17, 15) is 4.39 Å². The van der Waals surface area contributed by atoms with Crippen molar-refractivity contribution in [1.29, 1.82) is 0 Å². The Morgan fingerprint density at radius 2 is 2.25 bits per heavy atom. The number of ether oxygens (including phenoxy) is 2. The first-order valence-electron chi connectivity index (χ1n) is 7.83. The lowest BCUT2D eigenvalue weighted by Gasteiger charge is -2.18. The Morgan fingerprint density at radius 1 is 1.33 bits per heavy atom. The summed E-state index contributed by atoms with van der Waals surface area (Å²) in [5.74, 6) is 0.761. The summed E-state index contributed by atoms with van der Waals surface area (Å²) in [6, 6.07) is 6.21. The Morgan fingerprint density at radius 3 is 3.17 bits per heavy atom. The SMILES string of the molecule is C[C@H]1Oc2ccn3ncc(c3n2)CNCCOc2ccc(F)cc21. The van der Waals surface area contributed by atoms with Gasteiger partial charge in [-0.2, -0.15) is 10.1 Å². The molecule has 124 valence electrons. The molecule has 6 nitrogen and oxygen atoms in total. The fraction of sp³-hybridized carbons (Fsp3) is 0.294. The molecule has 0 saturated carbocycles. The van der Waals surface area contributed by atoms with Crippen LogP contribution in [0.1, 0.15) is 24.2 Å². The van der Waals surface area contributed by atoms with E-state index in [1.807, 2.05) is 6.92 Å². The van der Waals surface area contributed by atoms with Crippen LogP contribution in [0.15, 0.2) is 36.7 Å². The van der Waals surface area contributed by atoms with Crippen LogP contribution in [0.2, 0.25) is 0 Å². The molecule has 1 aliphatic heterocycles. The van der Waals surface area contributed by atoms with Gasteiger partial charge >= 0.3 is 0 Å². The highest BCUT2D eigenvalue weighted by Gasteiger charge is 2.17. The van der Waals surface area contributed by atoms with Crippen molar-refractivity contribution in [3.63, 3.8) is 0 Å². The molecule has 0 aliphatic carbocycles. The molecule has 0 amide bonds. The first-order chi connectivity index (χ1) is 11.7. The molecule has 0 radical (unpaired) electrons. The number of nitrogens with one attached hydrogen (secondary N) is 1. The summed E-state index contributed by atoms with van der Waals surface area (Å²) < 4.78 is 27.1. The van der Waals surface area contributed by atoms with E-state index >= 15 is 0 Å². The molecule has 0 unspecified atom stereocenters. The average Bonchev–Trinajstić information content (AvgIpc) is 2.97. The van der Waals surface area contributed by atoms with E-state index < -0.39 is 6.10 Å². The second-order valence-electron chi connectivity index (χ2n) is 5.67. The lowest BCUT2D eigenvalue weighted by atomic mass is 10.1. The minimum Gasteiger partial charge on any atom is -0.492 e. The molecule has 4 rings (SSSR count). The van der Waals surface area contributed by atoms with Gasteiger partial charge in [-0.15, -0.1) is 0 Å². The van der Waals surface area contributed by atoms with Crippen molar-refractivity contribution in [2.45, 2.75) is 19.6 Å². The van der Waals surface area contributed by atoms with Crippen LogP contribution in [0.3, 0.4) is 0 Å². The summed E-state index contributed by atoms with van der Waals surface area (Å²) >= 11 is 0. The topological polar surface area (TPSA) is 60.7 Å². The molecule has 3 heterocycles. The lowest BCUT2D eigenvalue weighted by Crippen LogP contribution is -2.21. The lowest BCUT2D eigenvalue weighted by molar-refractivity contribution is 0.208.